The first-order chi connectivity index (χ1) is 11.9. The number of morpholine rings is 1. The van der Waals surface area contributed by atoms with Crippen LogP contribution in [0.3, 0.4) is 0 Å². The van der Waals surface area contributed by atoms with Crippen LogP contribution in [0.1, 0.15) is 19.5 Å². The smallest absolute Gasteiger partial charge is 0.270 e. The number of nitrogens with zero attached hydrogens (tertiary/aromatic N) is 3. The topological polar surface area (TPSA) is 80.5 Å². The highest BCUT2D eigenvalue weighted by Crippen LogP contribution is 2.28. The molecule has 0 amide bonds. The number of ether oxygens (including phenoxy) is 1. The van der Waals surface area contributed by atoms with E-state index < -0.39 is 0 Å². The number of pyridine rings is 1. The molecule has 1 aliphatic rings. The van der Waals surface area contributed by atoms with Crippen molar-refractivity contribution in [3.8, 4) is 0 Å². The third kappa shape index (κ3) is 3.88. The summed E-state index contributed by atoms with van der Waals surface area (Å²) in [5, 5.41) is 15.4. The minimum atomic E-state index is -0.374. The highest BCUT2D eigenvalue weighted by atomic mass is 16.6. The molecule has 0 bridgehead atoms. The van der Waals surface area contributed by atoms with E-state index in [9.17, 15) is 10.1 Å². The Labute approximate surface area is 147 Å². The zero-order valence-corrected chi connectivity index (χ0v) is 14.9. The van der Waals surface area contributed by atoms with Crippen molar-refractivity contribution in [2.45, 2.75) is 26.3 Å². The van der Waals surface area contributed by atoms with Gasteiger partial charge in [0.1, 0.15) is 0 Å². The molecule has 2 heterocycles. The van der Waals surface area contributed by atoms with E-state index in [0.29, 0.717) is 0 Å². The fourth-order valence-electron chi connectivity index (χ4n) is 3.20. The average molecular weight is 344 g/mol. The van der Waals surface area contributed by atoms with Crippen LogP contribution in [-0.2, 0) is 4.74 Å². The molecule has 3 rings (SSSR count). The summed E-state index contributed by atoms with van der Waals surface area (Å²) in [5.74, 6) is 0. The summed E-state index contributed by atoms with van der Waals surface area (Å²) in [5.41, 5.74) is 2.56. The number of benzene rings is 1. The van der Waals surface area contributed by atoms with E-state index >= 15 is 0 Å². The van der Waals surface area contributed by atoms with E-state index in [1.165, 1.54) is 6.07 Å². The highest BCUT2D eigenvalue weighted by Gasteiger charge is 2.28. The summed E-state index contributed by atoms with van der Waals surface area (Å²) in [4.78, 5) is 17.6. The monoisotopic (exact) mass is 344 g/mol. The van der Waals surface area contributed by atoms with Gasteiger partial charge in [-0.3, -0.25) is 20.0 Å². The molecule has 0 saturated carbocycles. The molecule has 0 aliphatic carbocycles. The molecule has 0 spiro atoms. The Kier molecular flexibility index (Phi) is 4.87. The van der Waals surface area contributed by atoms with E-state index in [1.54, 1.807) is 12.1 Å². The van der Waals surface area contributed by atoms with Gasteiger partial charge in [-0.25, -0.2) is 0 Å². The van der Waals surface area contributed by atoms with Crippen molar-refractivity contribution in [1.82, 2.24) is 9.88 Å². The van der Waals surface area contributed by atoms with E-state index in [4.69, 9.17) is 4.74 Å². The lowest BCUT2D eigenvalue weighted by Gasteiger charge is -2.41. The number of fused-ring (bicyclic) bond motifs is 1. The second kappa shape index (κ2) is 6.93. The van der Waals surface area contributed by atoms with Crippen molar-refractivity contribution in [1.29, 1.82) is 0 Å². The number of hydrogen-bond acceptors (Lipinski definition) is 6. The largest absolute Gasteiger partial charge is 0.383 e. The molecule has 0 unspecified atom stereocenters. The second-order valence-corrected chi connectivity index (χ2v) is 7.04. The second-order valence-electron chi connectivity index (χ2n) is 7.04. The average Bonchev–Trinajstić information content (AvgIpc) is 2.60. The molecule has 25 heavy (non-hydrogen) atoms. The van der Waals surface area contributed by atoms with Crippen LogP contribution in [0.4, 0.5) is 11.4 Å². The number of aryl methyl sites for hydroxylation is 1. The van der Waals surface area contributed by atoms with Crippen molar-refractivity contribution in [3.05, 3.63) is 40.1 Å². The van der Waals surface area contributed by atoms with Crippen LogP contribution in [0.5, 0.6) is 0 Å². The molecule has 7 nitrogen and oxygen atoms in total. The van der Waals surface area contributed by atoms with Crippen LogP contribution >= 0.6 is 0 Å². The first-order valence-corrected chi connectivity index (χ1v) is 8.49. The molecular formula is C18H24N4O3. The van der Waals surface area contributed by atoms with Gasteiger partial charge in [-0.15, -0.1) is 0 Å². The molecule has 134 valence electrons. The maximum absolute atomic E-state index is 11.1. The van der Waals surface area contributed by atoms with Crippen LogP contribution < -0.4 is 5.32 Å². The lowest BCUT2D eigenvalue weighted by Crippen LogP contribution is -2.53. The van der Waals surface area contributed by atoms with Gasteiger partial charge in [-0.2, -0.15) is 0 Å². The van der Waals surface area contributed by atoms with E-state index in [1.807, 2.05) is 13.0 Å². The van der Waals surface area contributed by atoms with E-state index in [0.717, 1.165) is 55.1 Å². The molecule has 7 heteroatoms. The SMILES string of the molecule is Cc1cc(NCC(C)(C)N2CCOCC2)c2cc([N+](=O)[O-])ccc2n1. The van der Waals surface area contributed by atoms with Crippen LogP contribution in [0.25, 0.3) is 10.9 Å². The van der Waals surface area contributed by atoms with Gasteiger partial charge in [0.15, 0.2) is 0 Å². The summed E-state index contributed by atoms with van der Waals surface area (Å²) in [6.45, 7) is 10.4. The molecule has 1 fully saturated rings. The number of non-ortho nitro benzene ring substituents is 1. The Hall–Kier alpha value is -2.25. The first-order valence-electron chi connectivity index (χ1n) is 8.49. The third-order valence-corrected chi connectivity index (χ3v) is 4.71. The Bertz CT molecular complexity index is 785. The summed E-state index contributed by atoms with van der Waals surface area (Å²) in [6, 6.07) is 6.74. The lowest BCUT2D eigenvalue weighted by atomic mass is 10.0. The van der Waals surface area contributed by atoms with Crippen molar-refractivity contribution in [3.63, 3.8) is 0 Å². The fraction of sp³-hybridized carbons (Fsp3) is 0.500. The van der Waals surface area contributed by atoms with Crippen LogP contribution in [0.15, 0.2) is 24.3 Å². The molecule has 0 atom stereocenters. The maximum Gasteiger partial charge on any atom is 0.270 e. The number of aromatic nitrogens is 1. The van der Waals surface area contributed by atoms with Crippen LogP contribution in [0, 0.1) is 17.0 Å². The standard InChI is InChI=1S/C18H24N4O3/c1-13-10-17(15-11-14(22(23)24)4-5-16(15)20-13)19-12-18(2,3)21-6-8-25-9-7-21/h4-5,10-11H,6-9,12H2,1-3H3,(H,19,20). The number of anilines is 1. The number of hydrogen-bond donors (Lipinski definition) is 1. The van der Waals surface area contributed by atoms with Gasteiger partial charge >= 0.3 is 0 Å². The minimum absolute atomic E-state index is 0.0476. The number of nitrogens with one attached hydrogen (secondary N) is 1. The Morgan fingerprint density at radius 1 is 1.32 bits per heavy atom. The van der Waals surface area contributed by atoms with Crippen LogP contribution in [0.2, 0.25) is 0 Å². The molecule has 1 N–H and O–H groups in total. The quantitative estimate of drug-likeness (QED) is 0.663. The van der Waals surface area contributed by atoms with Crippen molar-refractivity contribution >= 4 is 22.3 Å². The first kappa shape index (κ1) is 17.6. The maximum atomic E-state index is 11.1. The predicted molar refractivity (Wildman–Crippen MR) is 98.1 cm³/mol. The molecule has 1 saturated heterocycles. The molecule has 1 aliphatic heterocycles. The molecule has 2 aromatic rings. The summed E-state index contributed by atoms with van der Waals surface area (Å²) in [7, 11) is 0. The molecule has 0 radical (unpaired) electrons. The van der Waals surface area contributed by atoms with Gasteiger partial charge in [0.05, 0.1) is 23.7 Å². The summed E-state index contributed by atoms with van der Waals surface area (Å²) < 4.78 is 5.43. The summed E-state index contributed by atoms with van der Waals surface area (Å²) in [6.07, 6.45) is 0. The molecule has 1 aromatic heterocycles. The Morgan fingerprint density at radius 2 is 2.04 bits per heavy atom. The van der Waals surface area contributed by atoms with Gasteiger partial charge in [0.2, 0.25) is 0 Å². The lowest BCUT2D eigenvalue weighted by molar-refractivity contribution is -0.384. The number of nitro benzene ring substituents is 1. The molecular weight excluding hydrogens is 320 g/mol. The number of rotatable bonds is 5. The van der Waals surface area contributed by atoms with Crippen molar-refractivity contribution in [2.24, 2.45) is 0 Å². The van der Waals surface area contributed by atoms with E-state index in [-0.39, 0.29) is 16.1 Å². The Morgan fingerprint density at radius 3 is 2.72 bits per heavy atom. The normalized spacial score (nSPS) is 16.1. The predicted octanol–water partition coefficient (Wildman–Crippen LogP) is 2.97. The van der Waals surface area contributed by atoms with Crippen molar-refractivity contribution < 1.29 is 9.66 Å². The minimum Gasteiger partial charge on any atom is -0.383 e. The summed E-state index contributed by atoms with van der Waals surface area (Å²) >= 11 is 0. The van der Waals surface area contributed by atoms with Gasteiger partial charge in [-0.05, 0) is 32.9 Å². The van der Waals surface area contributed by atoms with Crippen LogP contribution in [-0.4, -0.2) is 53.2 Å². The zero-order valence-electron chi connectivity index (χ0n) is 14.9. The fourth-order valence-corrected chi connectivity index (χ4v) is 3.20. The van der Waals surface area contributed by atoms with Gasteiger partial charge < -0.3 is 10.1 Å². The third-order valence-electron chi connectivity index (χ3n) is 4.71. The highest BCUT2D eigenvalue weighted by molar-refractivity contribution is 5.93. The zero-order chi connectivity index (χ0) is 18.0. The van der Waals surface area contributed by atoms with Gasteiger partial charge in [0, 0.05) is 54.1 Å². The van der Waals surface area contributed by atoms with Gasteiger partial charge in [0.25, 0.3) is 5.69 Å². The van der Waals surface area contributed by atoms with Crippen molar-refractivity contribution in [2.75, 3.05) is 38.2 Å². The number of nitro groups is 1. The molecule has 1 aromatic carbocycles. The Balaban J connectivity index is 1.86. The van der Waals surface area contributed by atoms with E-state index in [2.05, 4.69) is 29.0 Å². The van der Waals surface area contributed by atoms with Gasteiger partial charge in [-0.1, -0.05) is 0 Å².